The molecule has 5 heteroatoms. The highest BCUT2D eigenvalue weighted by Gasteiger charge is 2.07. The van der Waals surface area contributed by atoms with Crippen LogP contribution in [0.25, 0.3) is 0 Å². The van der Waals surface area contributed by atoms with E-state index in [2.05, 4.69) is 11.8 Å². The Morgan fingerprint density at radius 3 is 2.75 bits per heavy atom. The molecule has 2 N–H and O–H groups in total. The van der Waals surface area contributed by atoms with Gasteiger partial charge in [0, 0.05) is 30.6 Å². The van der Waals surface area contributed by atoms with E-state index < -0.39 is 0 Å². The van der Waals surface area contributed by atoms with Crippen LogP contribution in [-0.4, -0.2) is 22.8 Å². The molecule has 20 heavy (non-hydrogen) atoms. The lowest BCUT2D eigenvalue weighted by Gasteiger charge is -2.09. The predicted octanol–water partition coefficient (Wildman–Crippen LogP) is 0.554. The number of ether oxygens (including phenoxy) is 1. The molecule has 0 unspecified atom stereocenters. The van der Waals surface area contributed by atoms with E-state index in [0.29, 0.717) is 13.1 Å². The van der Waals surface area contributed by atoms with Crippen LogP contribution in [0.4, 0.5) is 0 Å². The third-order valence-corrected chi connectivity index (χ3v) is 2.97. The molecular formula is C15H17N3O2. The van der Waals surface area contributed by atoms with Gasteiger partial charge in [-0.3, -0.25) is 4.57 Å². The third kappa shape index (κ3) is 2.92. The van der Waals surface area contributed by atoms with Crippen molar-refractivity contribution in [3.63, 3.8) is 0 Å². The van der Waals surface area contributed by atoms with Gasteiger partial charge >= 0.3 is 5.69 Å². The Balaban J connectivity index is 2.38. The maximum absolute atomic E-state index is 11.9. The molecule has 0 amide bonds. The Hall–Kier alpha value is -2.45. The Labute approximate surface area is 117 Å². The van der Waals surface area contributed by atoms with Gasteiger partial charge in [-0.25, -0.2) is 4.79 Å². The largest absolute Gasteiger partial charge is 0.496 e. The number of imidazole rings is 1. The molecule has 0 aliphatic heterocycles. The molecule has 2 rings (SSSR count). The first-order valence-electron chi connectivity index (χ1n) is 6.23. The van der Waals surface area contributed by atoms with Crippen LogP contribution in [0.1, 0.15) is 11.1 Å². The molecule has 0 aliphatic rings. The van der Waals surface area contributed by atoms with Crippen LogP contribution in [0, 0.1) is 11.8 Å². The van der Waals surface area contributed by atoms with E-state index in [1.165, 1.54) is 4.57 Å². The van der Waals surface area contributed by atoms with E-state index in [0.717, 1.165) is 16.9 Å². The molecule has 1 aromatic heterocycles. The van der Waals surface area contributed by atoms with E-state index in [1.807, 2.05) is 18.2 Å². The van der Waals surface area contributed by atoms with Crippen molar-refractivity contribution in [3.8, 4) is 17.6 Å². The van der Waals surface area contributed by atoms with Gasteiger partial charge < -0.3 is 15.0 Å². The zero-order valence-corrected chi connectivity index (χ0v) is 11.6. The summed E-state index contributed by atoms with van der Waals surface area (Å²) >= 11 is 0. The molecule has 5 nitrogen and oxygen atoms in total. The standard InChI is InChI=1S/C15H17N3O2/c1-17-8-9-18(15(17)19)11-13-10-12(4-3-7-16)5-6-14(13)20-2/h5-6,8-10H,7,11,16H2,1-2H3. The van der Waals surface area contributed by atoms with Crippen molar-refractivity contribution in [2.45, 2.75) is 6.54 Å². The molecule has 1 aromatic carbocycles. The Bertz CT molecular complexity index is 717. The molecule has 0 aliphatic carbocycles. The molecular weight excluding hydrogens is 254 g/mol. The number of benzene rings is 1. The lowest BCUT2D eigenvalue weighted by molar-refractivity contribution is 0.408. The zero-order valence-electron chi connectivity index (χ0n) is 11.6. The monoisotopic (exact) mass is 271 g/mol. The molecule has 1 heterocycles. The average molecular weight is 271 g/mol. The van der Waals surface area contributed by atoms with Gasteiger partial charge in [0.25, 0.3) is 0 Å². The second-order valence-corrected chi connectivity index (χ2v) is 4.35. The predicted molar refractivity (Wildman–Crippen MR) is 77.7 cm³/mol. The summed E-state index contributed by atoms with van der Waals surface area (Å²) in [6, 6.07) is 5.64. The first-order chi connectivity index (χ1) is 9.65. The minimum atomic E-state index is -0.0644. The lowest BCUT2D eigenvalue weighted by atomic mass is 10.1. The molecule has 0 spiro atoms. The van der Waals surface area contributed by atoms with Crippen molar-refractivity contribution in [3.05, 3.63) is 52.2 Å². The highest BCUT2D eigenvalue weighted by molar-refractivity contribution is 5.44. The summed E-state index contributed by atoms with van der Waals surface area (Å²) in [5.74, 6) is 6.53. The first kappa shape index (κ1) is 14.0. The van der Waals surface area contributed by atoms with Gasteiger partial charge in [-0.2, -0.15) is 0 Å². The molecule has 0 fully saturated rings. The maximum Gasteiger partial charge on any atom is 0.328 e. The summed E-state index contributed by atoms with van der Waals surface area (Å²) in [6.45, 7) is 0.764. The minimum Gasteiger partial charge on any atom is -0.496 e. The number of aryl methyl sites for hydroxylation is 1. The maximum atomic E-state index is 11.9. The SMILES string of the molecule is COc1ccc(C#CCN)cc1Cn1ccn(C)c1=O. The topological polar surface area (TPSA) is 62.2 Å². The van der Waals surface area contributed by atoms with Crippen LogP contribution in [0.2, 0.25) is 0 Å². The number of rotatable bonds is 3. The van der Waals surface area contributed by atoms with Crippen LogP contribution in [-0.2, 0) is 13.6 Å². The van der Waals surface area contributed by atoms with E-state index in [-0.39, 0.29) is 5.69 Å². The van der Waals surface area contributed by atoms with Crippen molar-refractivity contribution in [1.29, 1.82) is 0 Å². The fraction of sp³-hybridized carbons (Fsp3) is 0.267. The Morgan fingerprint density at radius 1 is 1.35 bits per heavy atom. The van der Waals surface area contributed by atoms with Crippen LogP contribution >= 0.6 is 0 Å². The molecule has 104 valence electrons. The van der Waals surface area contributed by atoms with Crippen molar-refractivity contribution < 1.29 is 4.74 Å². The quantitative estimate of drug-likeness (QED) is 0.829. The lowest BCUT2D eigenvalue weighted by Crippen LogP contribution is -2.22. The number of methoxy groups -OCH3 is 1. The van der Waals surface area contributed by atoms with E-state index in [9.17, 15) is 4.79 Å². The summed E-state index contributed by atoms with van der Waals surface area (Å²) in [6.07, 6.45) is 3.48. The van der Waals surface area contributed by atoms with Crippen molar-refractivity contribution in [2.75, 3.05) is 13.7 Å². The summed E-state index contributed by atoms with van der Waals surface area (Å²) in [7, 11) is 3.33. The normalized spacial score (nSPS) is 9.95. The third-order valence-electron chi connectivity index (χ3n) is 2.97. The highest BCUT2D eigenvalue weighted by atomic mass is 16.5. The summed E-state index contributed by atoms with van der Waals surface area (Å²) in [5.41, 5.74) is 7.07. The van der Waals surface area contributed by atoms with Crippen molar-refractivity contribution >= 4 is 0 Å². The molecule has 0 radical (unpaired) electrons. The van der Waals surface area contributed by atoms with Crippen LogP contribution in [0.15, 0.2) is 35.4 Å². The number of nitrogens with zero attached hydrogens (tertiary/aromatic N) is 2. The number of aromatic nitrogens is 2. The molecule has 0 bridgehead atoms. The number of nitrogens with two attached hydrogens (primary N) is 1. The Kier molecular flexibility index (Phi) is 4.28. The zero-order chi connectivity index (χ0) is 14.5. The molecule has 0 atom stereocenters. The number of hydrogen-bond acceptors (Lipinski definition) is 3. The minimum absolute atomic E-state index is 0.0644. The van der Waals surface area contributed by atoms with Crippen molar-refractivity contribution in [2.24, 2.45) is 12.8 Å². The second-order valence-electron chi connectivity index (χ2n) is 4.35. The fourth-order valence-electron chi connectivity index (χ4n) is 1.95. The summed E-state index contributed by atoms with van der Waals surface area (Å²) < 4.78 is 8.48. The van der Waals surface area contributed by atoms with E-state index in [1.54, 1.807) is 31.1 Å². The van der Waals surface area contributed by atoms with E-state index in [4.69, 9.17) is 10.5 Å². The van der Waals surface area contributed by atoms with Crippen LogP contribution in [0.5, 0.6) is 5.75 Å². The Morgan fingerprint density at radius 2 is 2.15 bits per heavy atom. The van der Waals surface area contributed by atoms with Crippen molar-refractivity contribution in [1.82, 2.24) is 9.13 Å². The van der Waals surface area contributed by atoms with Gasteiger partial charge in [0.1, 0.15) is 5.75 Å². The molecule has 0 saturated carbocycles. The van der Waals surface area contributed by atoms with Gasteiger partial charge in [-0.15, -0.1) is 0 Å². The molecule has 0 saturated heterocycles. The highest BCUT2D eigenvalue weighted by Crippen LogP contribution is 2.20. The summed E-state index contributed by atoms with van der Waals surface area (Å²) in [5, 5.41) is 0. The van der Waals surface area contributed by atoms with Gasteiger partial charge in [0.15, 0.2) is 0 Å². The number of hydrogen-bond donors (Lipinski definition) is 1. The fourth-order valence-corrected chi connectivity index (χ4v) is 1.95. The summed E-state index contributed by atoms with van der Waals surface area (Å²) in [4.78, 5) is 11.9. The smallest absolute Gasteiger partial charge is 0.328 e. The first-order valence-corrected chi connectivity index (χ1v) is 6.23. The van der Waals surface area contributed by atoms with Gasteiger partial charge in [0.05, 0.1) is 20.2 Å². The van der Waals surface area contributed by atoms with Gasteiger partial charge in [-0.1, -0.05) is 11.8 Å². The molecule has 2 aromatic rings. The van der Waals surface area contributed by atoms with E-state index >= 15 is 0 Å². The van der Waals surface area contributed by atoms with Gasteiger partial charge in [0.2, 0.25) is 0 Å². The second kappa shape index (κ2) is 6.13. The van der Waals surface area contributed by atoms with Gasteiger partial charge in [-0.05, 0) is 18.2 Å². The van der Waals surface area contributed by atoms with Crippen LogP contribution in [0.3, 0.4) is 0 Å². The van der Waals surface area contributed by atoms with Crippen LogP contribution < -0.4 is 16.2 Å². The average Bonchev–Trinajstić information content (AvgIpc) is 2.77.